The number of benzene rings is 2. The summed E-state index contributed by atoms with van der Waals surface area (Å²) in [6, 6.07) is 12.5. The van der Waals surface area contributed by atoms with Crippen LogP contribution >= 0.6 is 23.2 Å². The second-order valence-corrected chi connectivity index (χ2v) is 6.30. The Labute approximate surface area is 134 Å². The summed E-state index contributed by atoms with van der Waals surface area (Å²) in [5.74, 6) is 1.04. The minimum absolute atomic E-state index is 0.325. The number of fused-ring (bicyclic) bond motifs is 6. The fraction of sp³-hybridized carbons (Fsp3) is 0.235. The molecule has 0 spiro atoms. The van der Waals surface area contributed by atoms with Crippen molar-refractivity contribution >= 4 is 34.7 Å². The first kappa shape index (κ1) is 13.2. The molecular weight excluding hydrogens is 303 g/mol. The zero-order valence-corrected chi connectivity index (χ0v) is 13.1. The van der Waals surface area contributed by atoms with Crippen LogP contribution in [0.25, 0.3) is 11.1 Å². The maximum absolute atomic E-state index is 6.49. The van der Waals surface area contributed by atoms with E-state index in [9.17, 15) is 0 Å². The SMILES string of the molecule is CCC1CN2C(=N1)c1ccccc1-c1cc(Cl)cc(Cl)c12. The monoisotopic (exact) mass is 316 g/mol. The molecule has 2 heterocycles. The van der Waals surface area contributed by atoms with Crippen molar-refractivity contribution in [1.82, 2.24) is 0 Å². The van der Waals surface area contributed by atoms with Crippen LogP contribution in [0.3, 0.4) is 0 Å². The molecule has 106 valence electrons. The fourth-order valence-electron chi connectivity index (χ4n) is 3.17. The lowest BCUT2D eigenvalue weighted by Crippen LogP contribution is -2.33. The van der Waals surface area contributed by atoms with Crippen LogP contribution in [0.1, 0.15) is 18.9 Å². The zero-order chi connectivity index (χ0) is 14.6. The van der Waals surface area contributed by atoms with Crippen molar-refractivity contribution in [2.24, 2.45) is 4.99 Å². The van der Waals surface area contributed by atoms with Crippen molar-refractivity contribution in [2.75, 3.05) is 11.4 Å². The molecule has 0 bridgehead atoms. The molecule has 0 saturated carbocycles. The van der Waals surface area contributed by atoms with Crippen molar-refractivity contribution in [3.05, 3.63) is 52.0 Å². The zero-order valence-electron chi connectivity index (χ0n) is 11.6. The average Bonchev–Trinajstić information content (AvgIpc) is 2.91. The van der Waals surface area contributed by atoms with Crippen LogP contribution in [0.15, 0.2) is 41.4 Å². The Kier molecular flexibility index (Phi) is 2.98. The normalized spacial score (nSPS) is 18.9. The topological polar surface area (TPSA) is 15.6 Å². The summed E-state index contributed by atoms with van der Waals surface area (Å²) < 4.78 is 0. The van der Waals surface area contributed by atoms with Crippen molar-refractivity contribution in [3.63, 3.8) is 0 Å². The highest BCUT2D eigenvalue weighted by Gasteiger charge is 2.35. The van der Waals surface area contributed by atoms with E-state index in [1.807, 2.05) is 18.2 Å². The van der Waals surface area contributed by atoms with Gasteiger partial charge in [0.2, 0.25) is 0 Å². The number of hydrogen-bond donors (Lipinski definition) is 0. The number of halogens is 2. The Morgan fingerprint density at radius 1 is 1.14 bits per heavy atom. The number of rotatable bonds is 1. The van der Waals surface area contributed by atoms with Crippen LogP contribution in [-0.2, 0) is 0 Å². The molecule has 4 rings (SSSR count). The third-order valence-corrected chi connectivity index (χ3v) is 4.69. The molecule has 0 amide bonds. The maximum atomic E-state index is 6.49. The van der Waals surface area contributed by atoms with Gasteiger partial charge in [-0.05, 0) is 24.1 Å². The van der Waals surface area contributed by atoms with E-state index < -0.39 is 0 Å². The van der Waals surface area contributed by atoms with E-state index in [0.29, 0.717) is 16.1 Å². The molecule has 2 aliphatic heterocycles. The lowest BCUT2D eigenvalue weighted by atomic mass is 9.93. The molecule has 0 aliphatic carbocycles. The van der Waals surface area contributed by atoms with E-state index in [0.717, 1.165) is 35.6 Å². The Morgan fingerprint density at radius 2 is 1.90 bits per heavy atom. The fourth-order valence-corrected chi connectivity index (χ4v) is 3.77. The highest BCUT2D eigenvalue weighted by molar-refractivity contribution is 6.39. The summed E-state index contributed by atoms with van der Waals surface area (Å²) in [6.07, 6.45) is 1.03. The average molecular weight is 317 g/mol. The molecular formula is C17H14Cl2N2. The van der Waals surface area contributed by atoms with Crippen LogP contribution < -0.4 is 4.90 Å². The summed E-state index contributed by atoms with van der Waals surface area (Å²) in [5, 5.41) is 1.36. The molecule has 2 aromatic rings. The standard InChI is InChI=1S/C17H14Cl2N2/c1-2-11-9-21-16-14(7-10(18)8-15(16)19)12-5-3-4-6-13(12)17(21)20-11/h3-8,11H,2,9H2,1H3. The Hall–Kier alpha value is -1.51. The van der Waals surface area contributed by atoms with Gasteiger partial charge in [0.05, 0.1) is 16.8 Å². The van der Waals surface area contributed by atoms with Gasteiger partial charge in [-0.15, -0.1) is 0 Å². The van der Waals surface area contributed by atoms with Gasteiger partial charge in [0.25, 0.3) is 0 Å². The molecule has 0 N–H and O–H groups in total. The van der Waals surface area contributed by atoms with Gasteiger partial charge in [0.15, 0.2) is 0 Å². The third kappa shape index (κ3) is 1.90. The molecule has 0 aromatic heterocycles. The van der Waals surface area contributed by atoms with E-state index in [1.165, 1.54) is 5.56 Å². The number of hydrogen-bond acceptors (Lipinski definition) is 2. The molecule has 2 aliphatic rings. The first-order chi connectivity index (χ1) is 10.2. The minimum Gasteiger partial charge on any atom is -0.322 e. The van der Waals surface area contributed by atoms with Gasteiger partial charge in [-0.3, -0.25) is 4.99 Å². The summed E-state index contributed by atoms with van der Waals surface area (Å²) in [4.78, 5) is 7.12. The van der Waals surface area contributed by atoms with Crippen LogP contribution in [-0.4, -0.2) is 18.4 Å². The van der Waals surface area contributed by atoms with Gasteiger partial charge < -0.3 is 4.90 Å². The molecule has 21 heavy (non-hydrogen) atoms. The van der Waals surface area contributed by atoms with E-state index >= 15 is 0 Å². The summed E-state index contributed by atoms with van der Waals surface area (Å²) in [5.41, 5.74) is 4.45. The molecule has 0 radical (unpaired) electrons. The molecule has 4 heteroatoms. The first-order valence-corrected chi connectivity index (χ1v) is 7.88. The molecule has 0 fully saturated rings. The largest absolute Gasteiger partial charge is 0.322 e. The lowest BCUT2D eigenvalue weighted by molar-refractivity contribution is 0.693. The smallest absolute Gasteiger partial charge is 0.136 e. The second kappa shape index (κ2) is 4.75. The molecule has 1 unspecified atom stereocenters. The highest BCUT2D eigenvalue weighted by atomic mass is 35.5. The molecule has 0 saturated heterocycles. The highest BCUT2D eigenvalue weighted by Crippen LogP contribution is 2.46. The summed E-state index contributed by atoms with van der Waals surface area (Å²) in [7, 11) is 0. The first-order valence-electron chi connectivity index (χ1n) is 7.13. The number of nitrogens with zero attached hydrogens (tertiary/aromatic N) is 2. The van der Waals surface area contributed by atoms with Crippen LogP contribution in [0.2, 0.25) is 10.0 Å². The lowest BCUT2D eigenvalue weighted by Gasteiger charge is -2.31. The van der Waals surface area contributed by atoms with Gasteiger partial charge in [-0.25, -0.2) is 0 Å². The summed E-state index contributed by atoms with van der Waals surface area (Å²) >= 11 is 12.7. The third-order valence-electron chi connectivity index (χ3n) is 4.18. The van der Waals surface area contributed by atoms with E-state index in [-0.39, 0.29) is 0 Å². The summed E-state index contributed by atoms with van der Waals surface area (Å²) in [6.45, 7) is 3.05. The van der Waals surface area contributed by atoms with Gasteiger partial charge in [-0.2, -0.15) is 0 Å². The molecule has 2 aromatic carbocycles. The molecule has 1 atom stereocenters. The van der Waals surface area contributed by atoms with Crippen molar-refractivity contribution in [3.8, 4) is 11.1 Å². The van der Waals surface area contributed by atoms with Gasteiger partial charge in [0.1, 0.15) is 5.84 Å². The van der Waals surface area contributed by atoms with Gasteiger partial charge in [0, 0.05) is 22.7 Å². The Bertz CT molecular complexity index is 767. The predicted molar refractivity (Wildman–Crippen MR) is 89.9 cm³/mol. The van der Waals surface area contributed by atoms with Crippen LogP contribution in [0.4, 0.5) is 5.69 Å². The minimum atomic E-state index is 0.325. The number of aliphatic imine (C=N–C) groups is 1. The van der Waals surface area contributed by atoms with E-state index in [2.05, 4.69) is 30.0 Å². The van der Waals surface area contributed by atoms with Crippen molar-refractivity contribution in [2.45, 2.75) is 19.4 Å². The van der Waals surface area contributed by atoms with E-state index in [1.54, 1.807) is 0 Å². The quantitative estimate of drug-likeness (QED) is 0.721. The van der Waals surface area contributed by atoms with Crippen LogP contribution in [0, 0.1) is 0 Å². The number of amidine groups is 1. The van der Waals surface area contributed by atoms with Crippen LogP contribution in [0.5, 0.6) is 0 Å². The molecule has 2 nitrogen and oxygen atoms in total. The Balaban J connectivity index is 2.04. The van der Waals surface area contributed by atoms with Crippen molar-refractivity contribution in [1.29, 1.82) is 0 Å². The number of anilines is 1. The van der Waals surface area contributed by atoms with Gasteiger partial charge >= 0.3 is 0 Å². The van der Waals surface area contributed by atoms with Gasteiger partial charge in [-0.1, -0.05) is 54.4 Å². The van der Waals surface area contributed by atoms with E-state index in [4.69, 9.17) is 28.2 Å². The Morgan fingerprint density at radius 3 is 2.67 bits per heavy atom. The second-order valence-electron chi connectivity index (χ2n) is 5.45. The van der Waals surface area contributed by atoms with Crippen molar-refractivity contribution < 1.29 is 0 Å². The maximum Gasteiger partial charge on any atom is 0.136 e. The predicted octanol–water partition coefficient (Wildman–Crippen LogP) is 5.02.